The van der Waals surface area contributed by atoms with Crippen molar-refractivity contribution in [1.29, 1.82) is 0 Å². The molecule has 9 nitrogen and oxygen atoms in total. The molecule has 0 saturated heterocycles. The summed E-state index contributed by atoms with van der Waals surface area (Å²) in [6, 6.07) is 13.2. The SMILES string of the molecule is COc1ccccc1NS(=O)(=O)c1ccc(O)c(NC(=O)c2ccc(OC(F)F)c(OC)c2)c1. The van der Waals surface area contributed by atoms with Gasteiger partial charge >= 0.3 is 6.61 Å². The summed E-state index contributed by atoms with van der Waals surface area (Å²) in [5.74, 6) is -1.24. The minimum atomic E-state index is -4.11. The Kier molecular flexibility index (Phi) is 7.41. The van der Waals surface area contributed by atoms with Gasteiger partial charge < -0.3 is 24.6 Å². The molecule has 0 radical (unpaired) electrons. The second kappa shape index (κ2) is 10.3. The molecule has 3 aromatic carbocycles. The van der Waals surface area contributed by atoms with Crippen LogP contribution in [0.4, 0.5) is 20.2 Å². The Bertz CT molecular complexity index is 1300. The van der Waals surface area contributed by atoms with Gasteiger partial charge in [0.05, 0.1) is 30.5 Å². The van der Waals surface area contributed by atoms with Crippen LogP contribution in [0.3, 0.4) is 0 Å². The molecule has 0 aliphatic heterocycles. The first-order chi connectivity index (χ1) is 16.1. The number of aromatic hydroxyl groups is 1. The largest absolute Gasteiger partial charge is 0.506 e. The lowest BCUT2D eigenvalue weighted by atomic mass is 10.1. The molecule has 0 unspecified atom stereocenters. The number of sulfonamides is 1. The zero-order valence-electron chi connectivity index (χ0n) is 17.9. The van der Waals surface area contributed by atoms with Crippen LogP contribution in [0.15, 0.2) is 65.6 Å². The third kappa shape index (κ3) is 5.64. The van der Waals surface area contributed by atoms with Gasteiger partial charge in [0.25, 0.3) is 15.9 Å². The van der Waals surface area contributed by atoms with Gasteiger partial charge in [-0.15, -0.1) is 0 Å². The molecule has 1 amide bonds. The molecule has 0 aliphatic rings. The predicted molar refractivity (Wildman–Crippen MR) is 119 cm³/mol. The van der Waals surface area contributed by atoms with Crippen molar-refractivity contribution in [3.63, 3.8) is 0 Å². The first kappa shape index (κ1) is 24.6. The number of hydrogen-bond acceptors (Lipinski definition) is 7. The fourth-order valence-electron chi connectivity index (χ4n) is 2.91. The van der Waals surface area contributed by atoms with Crippen LogP contribution >= 0.6 is 0 Å². The second-order valence-electron chi connectivity index (χ2n) is 6.68. The Morgan fingerprint density at radius 2 is 1.62 bits per heavy atom. The number of halogens is 2. The molecule has 3 aromatic rings. The Labute approximate surface area is 193 Å². The number of methoxy groups -OCH3 is 2. The van der Waals surface area contributed by atoms with Crippen molar-refractivity contribution < 1.29 is 41.3 Å². The molecule has 180 valence electrons. The molecule has 0 spiro atoms. The Hall–Kier alpha value is -4.06. The third-order valence-corrected chi connectivity index (χ3v) is 5.88. The average Bonchev–Trinajstić information content (AvgIpc) is 2.80. The number of hydrogen-bond donors (Lipinski definition) is 3. The van der Waals surface area contributed by atoms with E-state index in [1.54, 1.807) is 18.2 Å². The fraction of sp³-hybridized carbons (Fsp3) is 0.136. The highest BCUT2D eigenvalue weighted by Gasteiger charge is 2.20. The lowest BCUT2D eigenvalue weighted by Crippen LogP contribution is -2.16. The van der Waals surface area contributed by atoms with Crippen LogP contribution in [0.25, 0.3) is 0 Å². The summed E-state index contributed by atoms with van der Waals surface area (Å²) in [4.78, 5) is 12.4. The smallest absolute Gasteiger partial charge is 0.387 e. The first-order valence-electron chi connectivity index (χ1n) is 9.57. The molecule has 0 saturated carbocycles. The van der Waals surface area contributed by atoms with Gasteiger partial charge in [-0.1, -0.05) is 12.1 Å². The zero-order valence-corrected chi connectivity index (χ0v) is 18.7. The van der Waals surface area contributed by atoms with E-state index >= 15 is 0 Å². The number of ether oxygens (including phenoxy) is 3. The van der Waals surface area contributed by atoms with Gasteiger partial charge in [-0.2, -0.15) is 8.78 Å². The normalized spacial score (nSPS) is 11.1. The van der Waals surface area contributed by atoms with Crippen LogP contribution < -0.4 is 24.2 Å². The summed E-state index contributed by atoms with van der Waals surface area (Å²) < 4.78 is 67.5. The van der Waals surface area contributed by atoms with Crippen molar-refractivity contribution in [2.45, 2.75) is 11.5 Å². The van der Waals surface area contributed by atoms with Crippen LogP contribution in [0.1, 0.15) is 10.4 Å². The first-order valence-corrected chi connectivity index (χ1v) is 11.1. The quantitative estimate of drug-likeness (QED) is 0.383. The molecule has 0 bridgehead atoms. The number of alkyl halides is 2. The monoisotopic (exact) mass is 494 g/mol. The van der Waals surface area contributed by atoms with Gasteiger partial charge in [0.1, 0.15) is 11.5 Å². The lowest BCUT2D eigenvalue weighted by molar-refractivity contribution is -0.0512. The van der Waals surface area contributed by atoms with Crippen molar-refractivity contribution >= 4 is 27.3 Å². The van der Waals surface area contributed by atoms with E-state index in [9.17, 15) is 27.1 Å². The predicted octanol–water partition coefficient (Wildman–Crippen LogP) is 4.06. The molecule has 0 aromatic heterocycles. The minimum Gasteiger partial charge on any atom is -0.506 e. The molecule has 3 rings (SSSR count). The summed E-state index contributed by atoms with van der Waals surface area (Å²) >= 11 is 0. The Morgan fingerprint density at radius 1 is 0.912 bits per heavy atom. The van der Waals surface area contributed by atoms with Crippen molar-refractivity contribution in [2.24, 2.45) is 0 Å². The molecule has 3 N–H and O–H groups in total. The van der Waals surface area contributed by atoms with Crippen molar-refractivity contribution in [3.8, 4) is 23.0 Å². The molecule has 0 heterocycles. The van der Waals surface area contributed by atoms with Crippen LogP contribution in [-0.2, 0) is 10.0 Å². The van der Waals surface area contributed by atoms with Crippen molar-refractivity contribution in [2.75, 3.05) is 24.3 Å². The molecular weight excluding hydrogens is 474 g/mol. The fourth-order valence-corrected chi connectivity index (χ4v) is 4.01. The highest BCUT2D eigenvalue weighted by atomic mass is 32.2. The van der Waals surface area contributed by atoms with Crippen LogP contribution in [0.5, 0.6) is 23.0 Å². The molecule has 0 fully saturated rings. The number of phenolic OH excluding ortho intramolecular Hbond substituents is 1. The topological polar surface area (TPSA) is 123 Å². The number of anilines is 2. The Morgan fingerprint density at radius 3 is 2.29 bits per heavy atom. The number of carbonyl (C=O) groups is 1. The number of nitrogens with one attached hydrogen (secondary N) is 2. The summed E-state index contributed by atoms with van der Waals surface area (Å²) in [6.45, 7) is -3.08. The molecule has 12 heteroatoms. The number of carbonyl (C=O) groups excluding carboxylic acids is 1. The minimum absolute atomic E-state index is 0.0155. The third-order valence-electron chi connectivity index (χ3n) is 4.52. The second-order valence-corrected chi connectivity index (χ2v) is 8.37. The molecular formula is C22H20F2N2O7S. The van der Waals surface area contributed by atoms with Gasteiger partial charge in [-0.3, -0.25) is 9.52 Å². The van der Waals surface area contributed by atoms with E-state index < -0.39 is 28.3 Å². The van der Waals surface area contributed by atoms with Crippen molar-refractivity contribution in [1.82, 2.24) is 0 Å². The lowest BCUT2D eigenvalue weighted by Gasteiger charge is -2.14. The highest BCUT2D eigenvalue weighted by molar-refractivity contribution is 7.92. The summed E-state index contributed by atoms with van der Waals surface area (Å²) in [5, 5.41) is 12.5. The van der Waals surface area contributed by atoms with Gasteiger partial charge in [-0.05, 0) is 48.5 Å². The maximum atomic E-state index is 12.8. The van der Waals surface area contributed by atoms with E-state index in [4.69, 9.17) is 9.47 Å². The van der Waals surface area contributed by atoms with E-state index in [-0.39, 0.29) is 33.3 Å². The van der Waals surface area contributed by atoms with E-state index in [2.05, 4.69) is 14.8 Å². The standard InChI is InChI=1S/C22H20F2N2O7S/c1-31-18-6-4-3-5-15(18)26-34(29,30)14-8-9-17(27)16(12-14)25-21(28)13-7-10-19(33-22(23)24)20(11-13)32-2/h3-12,22,26-27H,1-2H3,(H,25,28). The van der Waals surface area contributed by atoms with Crippen LogP contribution in [0.2, 0.25) is 0 Å². The van der Waals surface area contributed by atoms with Gasteiger partial charge in [0.2, 0.25) is 0 Å². The van der Waals surface area contributed by atoms with Gasteiger partial charge in [0, 0.05) is 5.56 Å². The molecule has 0 aliphatic carbocycles. The number of rotatable bonds is 9. The van der Waals surface area contributed by atoms with Crippen LogP contribution in [0, 0.1) is 0 Å². The van der Waals surface area contributed by atoms with Crippen molar-refractivity contribution in [3.05, 3.63) is 66.2 Å². The van der Waals surface area contributed by atoms with E-state index in [0.717, 1.165) is 30.3 Å². The maximum absolute atomic E-state index is 12.8. The van der Waals surface area contributed by atoms with Gasteiger partial charge in [0.15, 0.2) is 11.5 Å². The van der Waals surface area contributed by atoms with Gasteiger partial charge in [-0.25, -0.2) is 8.42 Å². The highest BCUT2D eigenvalue weighted by Crippen LogP contribution is 2.32. The van der Waals surface area contributed by atoms with Crippen LogP contribution in [-0.4, -0.2) is 40.3 Å². The number of phenols is 1. The van der Waals surface area contributed by atoms with E-state index in [0.29, 0.717) is 5.75 Å². The van der Waals surface area contributed by atoms with E-state index in [1.165, 1.54) is 26.4 Å². The molecule has 34 heavy (non-hydrogen) atoms. The zero-order chi connectivity index (χ0) is 24.9. The maximum Gasteiger partial charge on any atom is 0.387 e. The number of para-hydroxylation sites is 2. The summed E-state index contributed by atoms with van der Waals surface area (Å²) in [7, 11) is -1.51. The van der Waals surface area contributed by atoms with E-state index in [1.807, 2.05) is 0 Å². The number of amides is 1. The molecule has 0 atom stereocenters. The Balaban J connectivity index is 1.86. The average molecular weight is 494 g/mol. The summed E-state index contributed by atoms with van der Waals surface area (Å²) in [6.07, 6.45) is 0. The summed E-state index contributed by atoms with van der Waals surface area (Å²) in [5.41, 5.74) is -0.0140. The number of benzene rings is 3.